The molecule has 2 aromatic heterocycles. The first-order chi connectivity index (χ1) is 14.5. The SMILES string of the molecule is O=C(COc1cccc2ncccc12)Nc1ccc(S(=O)(=O)Nc2nccs2)cc1. The molecule has 0 atom stereocenters. The van der Waals surface area contributed by atoms with Crippen molar-refractivity contribution in [3.05, 3.63) is 72.4 Å². The number of aromatic nitrogens is 2. The topological polar surface area (TPSA) is 110 Å². The van der Waals surface area contributed by atoms with Crippen LogP contribution in [0, 0.1) is 0 Å². The second-order valence-corrected chi connectivity index (χ2v) is 8.71. The van der Waals surface area contributed by atoms with Crippen LogP contribution in [0.4, 0.5) is 10.8 Å². The Balaban J connectivity index is 1.38. The Kier molecular flexibility index (Phi) is 5.59. The summed E-state index contributed by atoms with van der Waals surface area (Å²) < 4.78 is 32.7. The van der Waals surface area contributed by atoms with Gasteiger partial charge in [-0.1, -0.05) is 6.07 Å². The average Bonchev–Trinajstić information content (AvgIpc) is 3.25. The summed E-state index contributed by atoms with van der Waals surface area (Å²) in [5, 5.41) is 5.45. The zero-order chi connectivity index (χ0) is 21.0. The Hall–Kier alpha value is -3.50. The lowest BCUT2D eigenvalue weighted by molar-refractivity contribution is -0.118. The molecule has 0 saturated carbocycles. The molecule has 4 aromatic rings. The maximum absolute atomic E-state index is 12.3. The number of fused-ring (bicyclic) bond motifs is 1. The Bertz CT molecular complexity index is 1270. The molecular formula is C20H16N4O4S2. The quantitative estimate of drug-likeness (QED) is 0.455. The van der Waals surface area contributed by atoms with Crippen molar-refractivity contribution in [3.63, 3.8) is 0 Å². The van der Waals surface area contributed by atoms with Crippen molar-refractivity contribution in [3.8, 4) is 5.75 Å². The summed E-state index contributed by atoms with van der Waals surface area (Å²) >= 11 is 1.18. The van der Waals surface area contributed by atoms with Gasteiger partial charge in [-0.3, -0.25) is 14.5 Å². The van der Waals surface area contributed by atoms with E-state index in [0.29, 0.717) is 11.4 Å². The number of sulfonamides is 1. The van der Waals surface area contributed by atoms with Crippen LogP contribution in [0.2, 0.25) is 0 Å². The van der Waals surface area contributed by atoms with Crippen LogP contribution in [0.15, 0.2) is 77.3 Å². The largest absolute Gasteiger partial charge is 0.483 e. The Morgan fingerprint density at radius 1 is 1.00 bits per heavy atom. The molecule has 0 unspecified atom stereocenters. The van der Waals surface area contributed by atoms with Crippen LogP contribution in [0.1, 0.15) is 0 Å². The average molecular weight is 441 g/mol. The molecule has 2 heterocycles. The van der Waals surface area contributed by atoms with Crippen molar-refractivity contribution in [2.75, 3.05) is 16.6 Å². The van der Waals surface area contributed by atoms with Gasteiger partial charge in [0.25, 0.3) is 15.9 Å². The van der Waals surface area contributed by atoms with Gasteiger partial charge < -0.3 is 10.1 Å². The molecule has 30 heavy (non-hydrogen) atoms. The molecule has 0 saturated heterocycles. The first-order valence-corrected chi connectivity index (χ1v) is 11.2. The summed E-state index contributed by atoms with van der Waals surface area (Å²) in [7, 11) is -3.74. The van der Waals surface area contributed by atoms with E-state index in [9.17, 15) is 13.2 Å². The lowest BCUT2D eigenvalue weighted by atomic mass is 10.2. The molecule has 0 aliphatic heterocycles. The molecule has 8 nitrogen and oxygen atoms in total. The number of nitrogens with zero attached hydrogens (tertiary/aromatic N) is 2. The number of pyridine rings is 1. The van der Waals surface area contributed by atoms with Gasteiger partial charge in [-0.05, 0) is 48.5 Å². The lowest BCUT2D eigenvalue weighted by Gasteiger charge is -2.10. The Morgan fingerprint density at radius 2 is 1.83 bits per heavy atom. The smallest absolute Gasteiger partial charge is 0.263 e. The molecule has 0 spiro atoms. The summed E-state index contributed by atoms with van der Waals surface area (Å²) in [6, 6.07) is 14.9. The normalized spacial score (nSPS) is 11.2. The number of nitrogens with one attached hydrogen (secondary N) is 2. The highest BCUT2D eigenvalue weighted by Gasteiger charge is 2.15. The van der Waals surface area contributed by atoms with Crippen LogP contribution in [-0.4, -0.2) is 30.9 Å². The van der Waals surface area contributed by atoms with E-state index in [1.165, 1.54) is 41.8 Å². The summed E-state index contributed by atoms with van der Waals surface area (Å²) in [5.41, 5.74) is 1.23. The number of rotatable bonds is 7. The van der Waals surface area contributed by atoms with Crippen LogP contribution in [0.25, 0.3) is 10.9 Å². The van der Waals surface area contributed by atoms with Crippen molar-refractivity contribution >= 4 is 49.0 Å². The van der Waals surface area contributed by atoms with Gasteiger partial charge >= 0.3 is 0 Å². The highest BCUT2D eigenvalue weighted by Crippen LogP contribution is 2.24. The zero-order valence-electron chi connectivity index (χ0n) is 15.5. The minimum atomic E-state index is -3.74. The van der Waals surface area contributed by atoms with Gasteiger partial charge in [0.15, 0.2) is 11.7 Å². The second kappa shape index (κ2) is 8.47. The predicted molar refractivity (Wildman–Crippen MR) is 115 cm³/mol. The summed E-state index contributed by atoms with van der Waals surface area (Å²) in [5.74, 6) is 0.192. The van der Waals surface area contributed by atoms with E-state index < -0.39 is 10.0 Å². The number of carbonyl (C=O) groups excluding carboxylic acids is 1. The number of benzene rings is 2. The summed E-state index contributed by atoms with van der Waals surface area (Å²) in [4.78, 5) is 20.4. The minimum absolute atomic E-state index is 0.0650. The maximum atomic E-state index is 12.3. The number of hydrogen-bond donors (Lipinski definition) is 2. The maximum Gasteiger partial charge on any atom is 0.263 e. The molecule has 0 aliphatic rings. The summed E-state index contributed by atoms with van der Waals surface area (Å²) in [6.07, 6.45) is 3.20. The molecule has 10 heteroatoms. The lowest BCUT2D eigenvalue weighted by Crippen LogP contribution is -2.20. The van der Waals surface area contributed by atoms with E-state index in [-0.39, 0.29) is 22.5 Å². The molecule has 2 aromatic carbocycles. The van der Waals surface area contributed by atoms with Gasteiger partial charge in [-0.2, -0.15) is 0 Å². The first kappa shape index (κ1) is 19.8. The van der Waals surface area contributed by atoms with Gasteiger partial charge in [0.1, 0.15) is 5.75 Å². The van der Waals surface area contributed by atoms with E-state index in [1.54, 1.807) is 23.7 Å². The van der Waals surface area contributed by atoms with Crippen molar-refractivity contribution in [2.45, 2.75) is 4.90 Å². The van der Waals surface area contributed by atoms with Gasteiger partial charge in [0.2, 0.25) is 0 Å². The molecule has 0 aliphatic carbocycles. The molecule has 0 bridgehead atoms. The third-order valence-corrected chi connectivity index (χ3v) is 6.24. The highest BCUT2D eigenvalue weighted by molar-refractivity contribution is 7.93. The van der Waals surface area contributed by atoms with Gasteiger partial charge in [0.05, 0.1) is 10.4 Å². The predicted octanol–water partition coefficient (Wildman–Crippen LogP) is 3.51. The van der Waals surface area contributed by atoms with Gasteiger partial charge in [-0.15, -0.1) is 11.3 Å². The van der Waals surface area contributed by atoms with Crippen LogP contribution in [0.3, 0.4) is 0 Å². The van der Waals surface area contributed by atoms with E-state index in [1.807, 2.05) is 18.2 Å². The fraction of sp³-hybridized carbons (Fsp3) is 0.0500. The third-order valence-electron chi connectivity index (χ3n) is 4.07. The monoisotopic (exact) mass is 440 g/mol. The van der Waals surface area contributed by atoms with Crippen molar-refractivity contribution in [1.29, 1.82) is 0 Å². The molecule has 1 amide bonds. The fourth-order valence-electron chi connectivity index (χ4n) is 2.71. The summed E-state index contributed by atoms with van der Waals surface area (Å²) in [6.45, 7) is -0.195. The number of hydrogen-bond acceptors (Lipinski definition) is 7. The molecule has 0 radical (unpaired) electrons. The molecule has 0 fully saturated rings. The van der Waals surface area contributed by atoms with Crippen molar-refractivity contribution < 1.29 is 17.9 Å². The Morgan fingerprint density at radius 3 is 2.60 bits per heavy atom. The van der Waals surface area contributed by atoms with E-state index in [2.05, 4.69) is 20.0 Å². The van der Waals surface area contributed by atoms with Crippen molar-refractivity contribution in [1.82, 2.24) is 9.97 Å². The van der Waals surface area contributed by atoms with Gasteiger partial charge in [0, 0.05) is 28.8 Å². The molecular weight excluding hydrogens is 424 g/mol. The number of anilines is 2. The zero-order valence-corrected chi connectivity index (χ0v) is 17.1. The number of amides is 1. The fourth-order valence-corrected chi connectivity index (χ4v) is 4.50. The molecule has 2 N–H and O–H groups in total. The number of carbonyl (C=O) groups is 1. The van der Waals surface area contributed by atoms with Crippen molar-refractivity contribution in [2.24, 2.45) is 0 Å². The van der Waals surface area contributed by atoms with Crippen LogP contribution in [-0.2, 0) is 14.8 Å². The number of ether oxygens (including phenoxy) is 1. The second-order valence-electron chi connectivity index (χ2n) is 6.13. The first-order valence-electron chi connectivity index (χ1n) is 8.80. The van der Waals surface area contributed by atoms with Gasteiger partial charge in [-0.25, -0.2) is 13.4 Å². The van der Waals surface area contributed by atoms with E-state index in [4.69, 9.17) is 4.74 Å². The molecule has 4 rings (SSSR count). The highest BCUT2D eigenvalue weighted by atomic mass is 32.2. The van der Waals surface area contributed by atoms with E-state index in [0.717, 1.165) is 10.9 Å². The number of thiazole rings is 1. The minimum Gasteiger partial charge on any atom is -0.483 e. The van der Waals surface area contributed by atoms with E-state index >= 15 is 0 Å². The third kappa shape index (κ3) is 4.56. The molecule has 152 valence electrons. The standard InChI is InChI=1S/C20H16N4O4S2/c25-19(13-28-18-5-1-4-17-16(18)3-2-10-21-17)23-14-6-8-15(9-7-14)30(26,27)24-20-22-11-12-29-20/h1-12H,13H2,(H,22,24)(H,23,25). The Labute approximate surface area is 176 Å². The van der Waals surface area contributed by atoms with Crippen LogP contribution in [0.5, 0.6) is 5.75 Å². The van der Waals surface area contributed by atoms with Crippen LogP contribution < -0.4 is 14.8 Å². The van der Waals surface area contributed by atoms with Crippen LogP contribution >= 0.6 is 11.3 Å².